The number of halogens is 1. The van der Waals surface area contributed by atoms with Gasteiger partial charge in [-0.05, 0) is 54.2 Å². The summed E-state index contributed by atoms with van der Waals surface area (Å²) in [7, 11) is 0. The monoisotopic (exact) mass is 340 g/mol. The zero-order valence-electron chi connectivity index (χ0n) is 15.1. The van der Waals surface area contributed by atoms with E-state index in [1.807, 2.05) is 12.1 Å². The molecular formula is C21H25ClN2. The van der Waals surface area contributed by atoms with Crippen molar-refractivity contribution < 1.29 is 0 Å². The molecule has 0 unspecified atom stereocenters. The molecule has 24 heavy (non-hydrogen) atoms. The molecule has 2 aromatic carbocycles. The van der Waals surface area contributed by atoms with Crippen LogP contribution in [0.4, 0.5) is 11.4 Å². The minimum absolute atomic E-state index is 0.224. The number of nitrogens with zero attached hydrogens (tertiary/aromatic N) is 2. The maximum absolute atomic E-state index is 9.51. The Kier molecular flexibility index (Phi) is 5.91. The second-order valence-electron chi connectivity index (χ2n) is 6.65. The van der Waals surface area contributed by atoms with Crippen LogP contribution in [0, 0.1) is 11.3 Å². The number of nitriles is 1. The van der Waals surface area contributed by atoms with Crippen LogP contribution in [0.1, 0.15) is 63.1 Å². The van der Waals surface area contributed by atoms with Gasteiger partial charge < -0.3 is 4.90 Å². The maximum atomic E-state index is 9.51. The third-order valence-corrected chi connectivity index (χ3v) is 4.62. The predicted octanol–water partition coefficient (Wildman–Crippen LogP) is 6.62. The molecule has 0 aliphatic carbocycles. The van der Waals surface area contributed by atoms with Gasteiger partial charge in [0.1, 0.15) is 0 Å². The number of hydrogen-bond acceptors (Lipinski definition) is 2. The standard InChI is InChI=1S/C21H25ClN2/c1-6-24(18-9-7-16(8-10-18)14(2)3)19-11-17(13-23)21(15(4)5)20(22)12-19/h7-12,14-15H,6H2,1-5H3. The molecule has 0 amide bonds. The first kappa shape index (κ1) is 18.4. The highest BCUT2D eigenvalue weighted by molar-refractivity contribution is 6.32. The fourth-order valence-corrected chi connectivity index (χ4v) is 3.42. The Morgan fingerprint density at radius 2 is 1.62 bits per heavy atom. The molecule has 0 fully saturated rings. The van der Waals surface area contributed by atoms with Gasteiger partial charge in [-0.3, -0.25) is 0 Å². The van der Waals surface area contributed by atoms with E-state index in [2.05, 4.69) is 69.9 Å². The number of hydrogen-bond donors (Lipinski definition) is 0. The Hall–Kier alpha value is -1.98. The Balaban J connectivity index is 2.48. The molecule has 0 aliphatic rings. The van der Waals surface area contributed by atoms with Crippen molar-refractivity contribution in [2.45, 2.75) is 46.5 Å². The van der Waals surface area contributed by atoms with E-state index >= 15 is 0 Å². The molecule has 2 nitrogen and oxygen atoms in total. The van der Waals surface area contributed by atoms with Crippen LogP contribution in [0.5, 0.6) is 0 Å². The SMILES string of the molecule is CCN(c1ccc(C(C)C)cc1)c1cc(Cl)c(C(C)C)c(C#N)c1. The van der Waals surface area contributed by atoms with Crippen LogP contribution in [0.3, 0.4) is 0 Å². The summed E-state index contributed by atoms with van der Waals surface area (Å²) in [5.74, 6) is 0.737. The highest BCUT2D eigenvalue weighted by Crippen LogP contribution is 2.35. The second-order valence-corrected chi connectivity index (χ2v) is 7.05. The third kappa shape index (κ3) is 3.74. The van der Waals surface area contributed by atoms with Gasteiger partial charge in [-0.25, -0.2) is 0 Å². The molecule has 2 rings (SSSR count). The first-order valence-electron chi connectivity index (χ1n) is 8.50. The van der Waals surface area contributed by atoms with Crippen LogP contribution in [0.2, 0.25) is 5.02 Å². The number of benzene rings is 2. The predicted molar refractivity (Wildman–Crippen MR) is 103 cm³/mol. The van der Waals surface area contributed by atoms with Crippen LogP contribution < -0.4 is 4.90 Å². The minimum Gasteiger partial charge on any atom is -0.342 e. The highest BCUT2D eigenvalue weighted by atomic mass is 35.5. The van der Waals surface area contributed by atoms with Crippen LogP contribution in [0.15, 0.2) is 36.4 Å². The summed E-state index contributed by atoms with van der Waals surface area (Å²) in [4.78, 5) is 2.18. The van der Waals surface area contributed by atoms with Crippen molar-refractivity contribution in [1.82, 2.24) is 0 Å². The van der Waals surface area contributed by atoms with Crippen molar-refractivity contribution in [2.24, 2.45) is 0 Å². The van der Waals surface area contributed by atoms with Crippen LogP contribution in [-0.2, 0) is 0 Å². The van der Waals surface area contributed by atoms with E-state index in [1.165, 1.54) is 5.56 Å². The summed E-state index contributed by atoms with van der Waals surface area (Å²) < 4.78 is 0. The summed E-state index contributed by atoms with van der Waals surface area (Å²) in [5.41, 5.74) is 4.97. The topological polar surface area (TPSA) is 27.0 Å². The van der Waals surface area contributed by atoms with Crippen molar-refractivity contribution in [1.29, 1.82) is 5.26 Å². The molecule has 0 saturated carbocycles. The van der Waals surface area contributed by atoms with Crippen molar-refractivity contribution in [3.8, 4) is 6.07 Å². The van der Waals surface area contributed by atoms with E-state index in [9.17, 15) is 5.26 Å². The van der Waals surface area contributed by atoms with E-state index in [1.54, 1.807) is 0 Å². The first-order valence-corrected chi connectivity index (χ1v) is 8.87. The molecule has 0 radical (unpaired) electrons. The molecule has 126 valence electrons. The summed E-state index contributed by atoms with van der Waals surface area (Å²) in [6.45, 7) is 11.4. The Labute approximate surface area is 150 Å². The molecule has 0 aromatic heterocycles. The van der Waals surface area contributed by atoms with Gasteiger partial charge >= 0.3 is 0 Å². The highest BCUT2D eigenvalue weighted by Gasteiger charge is 2.16. The van der Waals surface area contributed by atoms with Gasteiger partial charge in [0, 0.05) is 22.9 Å². The molecule has 0 heterocycles. The lowest BCUT2D eigenvalue weighted by atomic mass is 9.96. The molecule has 0 N–H and O–H groups in total. The molecule has 0 atom stereocenters. The average Bonchev–Trinajstić information content (AvgIpc) is 2.55. The van der Waals surface area contributed by atoms with Gasteiger partial charge in [-0.15, -0.1) is 0 Å². The first-order chi connectivity index (χ1) is 11.4. The van der Waals surface area contributed by atoms with E-state index in [0.717, 1.165) is 23.5 Å². The Morgan fingerprint density at radius 1 is 1.00 bits per heavy atom. The van der Waals surface area contributed by atoms with Crippen molar-refractivity contribution in [3.05, 3.63) is 58.1 Å². The lowest BCUT2D eigenvalue weighted by molar-refractivity contribution is 0.861. The normalized spacial score (nSPS) is 11.0. The van der Waals surface area contributed by atoms with E-state index in [4.69, 9.17) is 11.6 Å². The quantitative estimate of drug-likeness (QED) is 0.611. The molecule has 2 aromatic rings. The van der Waals surface area contributed by atoms with Gasteiger partial charge in [-0.2, -0.15) is 5.26 Å². The maximum Gasteiger partial charge on any atom is 0.0995 e. The van der Waals surface area contributed by atoms with Gasteiger partial charge in [0.25, 0.3) is 0 Å². The fourth-order valence-electron chi connectivity index (χ4n) is 2.99. The lowest BCUT2D eigenvalue weighted by Gasteiger charge is -2.25. The van der Waals surface area contributed by atoms with Gasteiger partial charge in [-0.1, -0.05) is 51.4 Å². The van der Waals surface area contributed by atoms with Crippen molar-refractivity contribution in [3.63, 3.8) is 0 Å². The Bertz CT molecular complexity index is 740. The minimum atomic E-state index is 0.224. The van der Waals surface area contributed by atoms with E-state index in [0.29, 0.717) is 16.5 Å². The number of anilines is 2. The van der Waals surface area contributed by atoms with Crippen LogP contribution in [0.25, 0.3) is 0 Å². The van der Waals surface area contributed by atoms with Crippen molar-refractivity contribution >= 4 is 23.0 Å². The third-order valence-electron chi connectivity index (χ3n) is 4.31. The number of rotatable bonds is 5. The summed E-state index contributed by atoms with van der Waals surface area (Å²) in [6.07, 6.45) is 0. The lowest BCUT2D eigenvalue weighted by Crippen LogP contribution is -2.16. The summed E-state index contributed by atoms with van der Waals surface area (Å²) >= 11 is 6.49. The molecule has 0 spiro atoms. The van der Waals surface area contributed by atoms with Crippen LogP contribution in [-0.4, -0.2) is 6.54 Å². The smallest absolute Gasteiger partial charge is 0.0995 e. The van der Waals surface area contributed by atoms with Crippen LogP contribution >= 0.6 is 11.6 Å². The molecule has 0 bridgehead atoms. The van der Waals surface area contributed by atoms with Gasteiger partial charge in [0.05, 0.1) is 11.6 Å². The fraction of sp³-hybridized carbons (Fsp3) is 0.381. The summed E-state index contributed by atoms with van der Waals surface area (Å²) in [6, 6.07) is 14.8. The summed E-state index contributed by atoms with van der Waals surface area (Å²) in [5, 5.41) is 10.2. The Morgan fingerprint density at radius 3 is 2.08 bits per heavy atom. The van der Waals surface area contributed by atoms with E-state index in [-0.39, 0.29) is 5.92 Å². The van der Waals surface area contributed by atoms with Crippen molar-refractivity contribution in [2.75, 3.05) is 11.4 Å². The molecule has 0 saturated heterocycles. The van der Waals surface area contributed by atoms with Gasteiger partial charge in [0.2, 0.25) is 0 Å². The second kappa shape index (κ2) is 7.73. The van der Waals surface area contributed by atoms with E-state index < -0.39 is 0 Å². The molecule has 3 heteroatoms. The zero-order valence-corrected chi connectivity index (χ0v) is 15.9. The zero-order chi connectivity index (χ0) is 17.9. The molecular weight excluding hydrogens is 316 g/mol. The largest absolute Gasteiger partial charge is 0.342 e. The van der Waals surface area contributed by atoms with Gasteiger partial charge in [0.15, 0.2) is 0 Å². The average molecular weight is 341 g/mol. The molecule has 0 aliphatic heterocycles.